The van der Waals surface area contributed by atoms with Gasteiger partial charge in [0.2, 0.25) is 0 Å². The average Bonchev–Trinajstić information content (AvgIpc) is 3.30. The molecule has 194 valence electrons. The van der Waals surface area contributed by atoms with Gasteiger partial charge in [0.05, 0.1) is 47.9 Å². The van der Waals surface area contributed by atoms with Crippen molar-refractivity contribution < 1.29 is 31.5 Å². The number of benzene rings is 2. The van der Waals surface area contributed by atoms with Crippen LogP contribution in [0.1, 0.15) is 41.7 Å². The number of nitrogens with one attached hydrogen (secondary N) is 1. The first-order valence-electron chi connectivity index (χ1n) is 11.5. The topological polar surface area (TPSA) is 109 Å². The monoisotopic (exact) mass is 521 g/mol. The number of alkyl halides is 2. The van der Waals surface area contributed by atoms with Crippen LogP contribution in [-0.4, -0.2) is 59.1 Å². The second-order valence-electron chi connectivity index (χ2n) is 8.40. The lowest BCUT2D eigenvalue weighted by molar-refractivity contribution is -0.132. The Morgan fingerprint density at radius 2 is 1.86 bits per heavy atom. The standard InChI is InChI=1S/C25H29F2N3O5S/c1-3-36(32,33)22-10-6-17(7-11-22)23(12-13-28)29-24(31)18-4-8-19(9-5-18)30-15-21(34-2)14-20(30)16-35-25(26)27/h4-11,20-21,23,25H,3,12,14-16H2,1-2H3,(H,29,31)/t20?,21-,23-/m0/s1. The molecule has 1 fully saturated rings. The minimum Gasteiger partial charge on any atom is -0.380 e. The van der Waals surface area contributed by atoms with E-state index in [1.165, 1.54) is 12.1 Å². The fourth-order valence-corrected chi connectivity index (χ4v) is 5.05. The lowest BCUT2D eigenvalue weighted by Crippen LogP contribution is -2.34. The number of sulfone groups is 1. The van der Waals surface area contributed by atoms with Crippen molar-refractivity contribution in [1.29, 1.82) is 5.26 Å². The van der Waals surface area contributed by atoms with E-state index >= 15 is 0 Å². The second-order valence-corrected chi connectivity index (χ2v) is 10.7. The van der Waals surface area contributed by atoms with Gasteiger partial charge in [-0.05, 0) is 48.4 Å². The summed E-state index contributed by atoms with van der Waals surface area (Å²) in [6.45, 7) is -0.931. The van der Waals surface area contributed by atoms with Crippen molar-refractivity contribution >= 4 is 21.4 Å². The number of amides is 1. The van der Waals surface area contributed by atoms with E-state index < -0.39 is 28.4 Å². The molecule has 0 saturated carbocycles. The largest absolute Gasteiger partial charge is 0.380 e. The summed E-state index contributed by atoms with van der Waals surface area (Å²) in [7, 11) is -1.79. The maximum Gasteiger partial charge on any atom is 0.345 e. The highest BCUT2D eigenvalue weighted by atomic mass is 32.2. The number of carbonyl (C=O) groups is 1. The van der Waals surface area contributed by atoms with Gasteiger partial charge in [0.25, 0.3) is 5.91 Å². The zero-order valence-electron chi connectivity index (χ0n) is 20.1. The van der Waals surface area contributed by atoms with Gasteiger partial charge < -0.3 is 19.7 Å². The van der Waals surface area contributed by atoms with Crippen LogP contribution in [0, 0.1) is 11.3 Å². The Hall–Kier alpha value is -3.07. The molecule has 1 N–H and O–H groups in total. The molecule has 8 nitrogen and oxygen atoms in total. The summed E-state index contributed by atoms with van der Waals surface area (Å²) in [5, 5.41) is 12.1. The number of nitrogens with zero attached hydrogens (tertiary/aromatic N) is 2. The van der Waals surface area contributed by atoms with Crippen LogP contribution in [-0.2, 0) is 19.3 Å². The molecule has 0 aromatic heterocycles. The molecule has 1 heterocycles. The van der Waals surface area contributed by atoms with Gasteiger partial charge in [-0.3, -0.25) is 4.79 Å². The number of carbonyl (C=O) groups excluding carboxylic acids is 1. The smallest absolute Gasteiger partial charge is 0.345 e. The Kier molecular flexibility index (Phi) is 9.37. The molecule has 3 atom stereocenters. The number of anilines is 1. The SMILES string of the molecule is CCS(=O)(=O)c1ccc([C@H](CC#N)NC(=O)c2ccc(N3C[C@@H](OC)CC3COC(F)F)cc2)cc1. The Balaban J connectivity index is 1.72. The van der Waals surface area contributed by atoms with Crippen molar-refractivity contribution in [2.45, 2.75) is 49.5 Å². The van der Waals surface area contributed by atoms with E-state index in [1.54, 1.807) is 50.4 Å². The first-order chi connectivity index (χ1) is 17.2. The Labute approximate surface area is 209 Å². The highest BCUT2D eigenvalue weighted by molar-refractivity contribution is 7.91. The number of nitriles is 1. The van der Waals surface area contributed by atoms with Crippen LogP contribution >= 0.6 is 0 Å². The van der Waals surface area contributed by atoms with Gasteiger partial charge >= 0.3 is 6.61 Å². The fraction of sp³-hybridized carbons (Fsp3) is 0.440. The quantitative estimate of drug-likeness (QED) is 0.480. The van der Waals surface area contributed by atoms with Crippen LogP contribution in [0.15, 0.2) is 53.4 Å². The summed E-state index contributed by atoms with van der Waals surface area (Å²) in [4.78, 5) is 15.0. The van der Waals surface area contributed by atoms with E-state index in [2.05, 4.69) is 10.1 Å². The molecule has 2 aromatic carbocycles. The zero-order valence-corrected chi connectivity index (χ0v) is 20.9. The van der Waals surface area contributed by atoms with Crippen LogP contribution in [0.2, 0.25) is 0 Å². The maximum atomic E-state index is 12.9. The van der Waals surface area contributed by atoms with Gasteiger partial charge in [0, 0.05) is 24.9 Å². The molecule has 1 unspecified atom stereocenters. The summed E-state index contributed by atoms with van der Waals surface area (Å²) in [6.07, 6.45) is 0.422. The van der Waals surface area contributed by atoms with Crippen molar-refractivity contribution in [1.82, 2.24) is 5.32 Å². The highest BCUT2D eigenvalue weighted by Gasteiger charge is 2.33. The number of hydrogen-bond acceptors (Lipinski definition) is 7. The molecule has 1 aliphatic heterocycles. The van der Waals surface area contributed by atoms with Crippen molar-refractivity contribution in [2.24, 2.45) is 0 Å². The number of ether oxygens (including phenoxy) is 2. The van der Waals surface area contributed by atoms with Gasteiger partial charge in [0.1, 0.15) is 0 Å². The molecule has 1 saturated heterocycles. The molecule has 0 bridgehead atoms. The Morgan fingerprint density at radius 3 is 2.42 bits per heavy atom. The third-order valence-electron chi connectivity index (χ3n) is 6.21. The summed E-state index contributed by atoms with van der Waals surface area (Å²) < 4.78 is 59.1. The molecule has 0 radical (unpaired) electrons. The van der Waals surface area contributed by atoms with Crippen LogP contribution in [0.3, 0.4) is 0 Å². The highest BCUT2D eigenvalue weighted by Crippen LogP contribution is 2.28. The van der Waals surface area contributed by atoms with E-state index in [0.717, 1.165) is 5.69 Å². The Bertz CT molecular complexity index is 1170. The van der Waals surface area contributed by atoms with Crippen molar-refractivity contribution in [3.05, 3.63) is 59.7 Å². The van der Waals surface area contributed by atoms with E-state index in [-0.39, 0.29) is 35.8 Å². The van der Waals surface area contributed by atoms with Gasteiger partial charge in [-0.15, -0.1) is 0 Å². The lowest BCUT2D eigenvalue weighted by atomic mass is 10.0. The first kappa shape index (κ1) is 27.5. The molecular weight excluding hydrogens is 492 g/mol. The molecular formula is C25H29F2N3O5S. The van der Waals surface area contributed by atoms with Gasteiger partial charge in [-0.25, -0.2) is 8.42 Å². The zero-order chi connectivity index (χ0) is 26.3. The number of rotatable bonds is 11. The number of methoxy groups -OCH3 is 1. The average molecular weight is 522 g/mol. The molecule has 1 aliphatic rings. The van der Waals surface area contributed by atoms with Crippen LogP contribution < -0.4 is 10.2 Å². The van der Waals surface area contributed by atoms with E-state index in [4.69, 9.17) is 4.74 Å². The van der Waals surface area contributed by atoms with Crippen molar-refractivity contribution in [3.63, 3.8) is 0 Å². The molecule has 0 aliphatic carbocycles. The van der Waals surface area contributed by atoms with Crippen molar-refractivity contribution in [3.8, 4) is 6.07 Å². The van der Waals surface area contributed by atoms with Crippen LogP contribution in [0.5, 0.6) is 0 Å². The minimum atomic E-state index is -3.36. The van der Waals surface area contributed by atoms with E-state index in [1.807, 2.05) is 11.0 Å². The Morgan fingerprint density at radius 1 is 1.19 bits per heavy atom. The van der Waals surface area contributed by atoms with Crippen LogP contribution in [0.4, 0.5) is 14.5 Å². The van der Waals surface area contributed by atoms with Gasteiger partial charge in [-0.2, -0.15) is 14.0 Å². The lowest BCUT2D eigenvalue weighted by Gasteiger charge is -2.26. The molecule has 2 aromatic rings. The summed E-state index contributed by atoms with van der Waals surface area (Å²) in [6, 6.07) is 13.9. The van der Waals surface area contributed by atoms with E-state index in [9.17, 15) is 27.3 Å². The predicted molar refractivity (Wildman–Crippen MR) is 130 cm³/mol. The summed E-state index contributed by atoms with van der Waals surface area (Å²) in [5.74, 6) is -0.426. The molecule has 11 heteroatoms. The summed E-state index contributed by atoms with van der Waals surface area (Å²) in [5.41, 5.74) is 1.71. The third-order valence-corrected chi connectivity index (χ3v) is 7.96. The first-order valence-corrected chi connectivity index (χ1v) is 13.1. The van der Waals surface area contributed by atoms with E-state index in [0.29, 0.717) is 24.1 Å². The van der Waals surface area contributed by atoms with Crippen LogP contribution in [0.25, 0.3) is 0 Å². The normalized spacial score (nSPS) is 18.7. The second kappa shape index (κ2) is 12.3. The van der Waals surface area contributed by atoms with Gasteiger partial charge in [-0.1, -0.05) is 19.1 Å². The minimum absolute atomic E-state index is 0.00169. The van der Waals surface area contributed by atoms with Crippen molar-refractivity contribution in [2.75, 3.05) is 30.9 Å². The predicted octanol–water partition coefficient (Wildman–Crippen LogP) is 3.70. The van der Waals surface area contributed by atoms with Gasteiger partial charge in [0.15, 0.2) is 9.84 Å². The number of hydrogen-bond donors (Lipinski definition) is 1. The molecule has 36 heavy (non-hydrogen) atoms. The summed E-state index contributed by atoms with van der Waals surface area (Å²) >= 11 is 0. The molecule has 0 spiro atoms. The number of halogens is 2. The maximum absolute atomic E-state index is 12.9. The molecule has 1 amide bonds. The fourth-order valence-electron chi connectivity index (χ4n) is 4.17. The third kappa shape index (κ3) is 6.78. The molecule has 3 rings (SSSR count).